The average molecular weight is 336 g/mol. The first kappa shape index (κ1) is 15.1. The van der Waals surface area contributed by atoms with Crippen molar-refractivity contribution in [3.05, 3.63) is 40.1 Å². The van der Waals surface area contributed by atoms with Crippen LogP contribution in [0.25, 0.3) is 0 Å². The highest BCUT2D eigenvalue weighted by Crippen LogP contribution is 2.35. The SMILES string of the molecule is Cn1cc(COc2c(Cl)cc(S(N)(=O)=O)cc2Cl)cn1. The van der Waals surface area contributed by atoms with Gasteiger partial charge >= 0.3 is 0 Å². The van der Waals surface area contributed by atoms with Gasteiger partial charge in [0.05, 0.1) is 21.1 Å². The molecule has 0 aliphatic rings. The number of aromatic nitrogens is 2. The van der Waals surface area contributed by atoms with E-state index in [4.69, 9.17) is 33.1 Å². The van der Waals surface area contributed by atoms with Gasteiger partial charge < -0.3 is 4.74 Å². The van der Waals surface area contributed by atoms with Crippen LogP contribution in [0.15, 0.2) is 29.4 Å². The maximum atomic E-state index is 11.2. The van der Waals surface area contributed by atoms with E-state index in [0.717, 1.165) is 5.56 Å². The van der Waals surface area contributed by atoms with E-state index in [1.54, 1.807) is 24.1 Å². The van der Waals surface area contributed by atoms with E-state index in [1.807, 2.05) is 0 Å². The number of hydrogen-bond donors (Lipinski definition) is 1. The van der Waals surface area contributed by atoms with Crippen molar-refractivity contribution in [1.29, 1.82) is 0 Å². The largest absolute Gasteiger partial charge is 0.486 e. The molecule has 0 aliphatic carbocycles. The molecule has 1 heterocycles. The summed E-state index contributed by atoms with van der Waals surface area (Å²) in [6.07, 6.45) is 3.42. The number of aryl methyl sites for hydroxylation is 1. The van der Waals surface area contributed by atoms with Crippen molar-refractivity contribution in [1.82, 2.24) is 9.78 Å². The Hall–Kier alpha value is -1.28. The molecule has 6 nitrogen and oxygen atoms in total. The summed E-state index contributed by atoms with van der Waals surface area (Å²) in [5.41, 5.74) is 0.829. The van der Waals surface area contributed by atoms with Crippen LogP contribution in [0.2, 0.25) is 10.0 Å². The van der Waals surface area contributed by atoms with Crippen LogP contribution in [0.5, 0.6) is 5.75 Å². The first-order valence-corrected chi connectivity index (χ1v) is 7.70. The summed E-state index contributed by atoms with van der Waals surface area (Å²) in [5.74, 6) is 0.199. The van der Waals surface area contributed by atoms with Gasteiger partial charge in [0.2, 0.25) is 10.0 Å². The zero-order chi connectivity index (χ0) is 14.9. The molecule has 2 aromatic rings. The molecule has 9 heteroatoms. The van der Waals surface area contributed by atoms with E-state index in [9.17, 15) is 8.42 Å². The van der Waals surface area contributed by atoms with Crippen LogP contribution in [0, 0.1) is 0 Å². The van der Waals surface area contributed by atoms with Crippen LogP contribution in [-0.4, -0.2) is 18.2 Å². The zero-order valence-corrected chi connectivity index (χ0v) is 12.7. The van der Waals surface area contributed by atoms with E-state index in [2.05, 4.69) is 5.10 Å². The van der Waals surface area contributed by atoms with Crippen molar-refractivity contribution < 1.29 is 13.2 Å². The molecule has 0 amide bonds. The molecule has 1 aromatic carbocycles. The predicted molar refractivity (Wildman–Crippen MR) is 75.4 cm³/mol. The second-order valence-electron chi connectivity index (χ2n) is 4.07. The predicted octanol–water partition coefficient (Wildman–Crippen LogP) is 1.95. The van der Waals surface area contributed by atoms with Crippen molar-refractivity contribution >= 4 is 33.2 Å². The third-order valence-corrected chi connectivity index (χ3v) is 3.90. The highest BCUT2D eigenvalue weighted by molar-refractivity contribution is 7.89. The van der Waals surface area contributed by atoms with Crippen LogP contribution in [0.1, 0.15) is 5.56 Å². The lowest BCUT2D eigenvalue weighted by Crippen LogP contribution is -2.12. The average Bonchev–Trinajstić information content (AvgIpc) is 2.72. The number of sulfonamides is 1. The highest BCUT2D eigenvalue weighted by atomic mass is 35.5. The fraction of sp³-hybridized carbons (Fsp3) is 0.182. The van der Waals surface area contributed by atoms with E-state index < -0.39 is 10.0 Å². The van der Waals surface area contributed by atoms with Crippen LogP contribution in [-0.2, 0) is 23.7 Å². The molecule has 108 valence electrons. The Morgan fingerprint density at radius 2 is 1.95 bits per heavy atom. The number of nitrogens with zero attached hydrogens (tertiary/aromatic N) is 2. The van der Waals surface area contributed by atoms with Crippen LogP contribution >= 0.6 is 23.2 Å². The van der Waals surface area contributed by atoms with Crippen LogP contribution < -0.4 is 9.88 Å². The number of halogens is 2. The molecule has 2 N–H and O–H groups in total. The van der Waals surface area contributed by atoms with E-state index in [0.29, 0.717) is 0 Å². The van der Waals surface area contributed by atoms with Gasteiger partial charge in [0, 0.05) is 18.8 Å². The number of nitrogens with two attached hydrogens (primary N) is 1. The number of rotatable bonds is 4. The van der Waals surface area contributed by atoms with Gasteiger partial charge in [0.15, 0.2) is 5.75 Å². The van der Waals surface area contributed by atoms with Gasteiger partial charge in [-0.1, -0.05) is 23.2 Å². The minimum atomic E-state index is -3.87. The molecule has 0 atom stereocenters. The molecule has 0 saturated heterocycles. The summed E-state index contributed by atoms with van der Waals surface area (Å²) in [4.78, 5) is -0.166. The molecule has 1 aromatic heterocycles. The summed E-state index contributed by atoms with van der Waals surface area (Å²) >= 11 is 11.9. The number of primary sulfonamides is 1. The van der Waals surface area contributed by atoms with Gasteiger partial charge in [-0.2, -0.15) is 5.10 Å². The molecule has 0 saturated carbocycles. The molecule has 0 spiro atoms. The second-order valence-corrected chi connectivity index (χ2v) is 6.45. The van der Waals surface area contributed by atoms with Gasteiger partial charge in [-0.15, -0.1) is 0 Å². The van der Waals surface area contributed by atoms with Crippen molar-refractivity contribution in [3.8, 4) is 5.75 Å². The molecule has 0 radical (unpaired) electrons. The Morgan fingerprint density at radius 3 is 2.40 bits per heavy atom. The lowest BCUT2D eigenvalue weighted by Gasteiger charge is -2.10. The Bertz CT molecular complexity index is 720. The molecule has 0 bridgehead atoms. The first-order chi connectivity index (χ1) is 9.27. The minimum Gasteiger partial charge on any atom is -0.486 e. The van der Waals surface area contributed by atoms with Gasteiger partial charge in [-0.3, -0.25) is 4.68 Å². The Balaban J connectivity index is 2.25. The van der Waals surface area contributed by atoms with Gasteiger partial charge in [0.1, 0.15) is 6.61 Å². The standard InChI is InChI=1S/C11H11Cl2N3O3S/c1-16-5-7(4-15-16)6-19-11-9(12)2-8(3-10(11)13)20(14,17)18/h2-5H,6H2,1H3,(H2,14,17,18). The van der Waals surface area contributed by atoms with Crippen LogP contribution in [0.4, 0.5) is 0 Å². The smallest absolute Gasteiger partial charge is 0.238 e. The lowest BCUT2D eigenvalue weighted by atomic mass is 10.3. The fourth-order valence-corrected chi connectivity index (χ4v) is 2.83. The van der Waals surface area contributed by atoms with E-state index in [1.165, 1.54) is 12.1 Å². The highest BCUT2D eigenvalue weighted by Gasteiger charge is 2.16. The third kappa shape index (κ3) is 3.43. The number of benzene rings is 1. The molecule has 0 aliphatic heterocycles. The first-order valence-electron chi connectivity index (χ1n) is 5.39. The van der Waals surface area contributed by atoms with Gasteiger partial charge in [-0.05, 0) is 12.1 Å². The Morgan fingerprint density at radius 1 is 1.35 bits per heavy atom. The summed E-state index contributed by atoms with van der Waals surface area (Å²) in [5, 5.41) is 9.16. The van der Waals surface area contributed by atoms with E-state index >= 15 is 0 Å². The monoisotopic (exact) mass is 335 g/mol. The van der Waals surface area contributed by atoms with Crippen molar-refractivity contribution in [2.75, 3.05) is 0 Å². The molecular formula is C11H11Cl2N3O3S. The molecular weight excluding hydrogens is 325 g/mol. The zero-order valence-electron chi connectivity index (χ0n) is 10.4. The van der Waals surface area contributed by atoms with Crippen molar-refractivity contribution in [2.45, 2.75) is 11.5 Å². The summed E-state index contributed by atoms with van der Waals surface area (Å²) < 4.78 is 29.6. The Kier molecular flexibility index (Phi) is 4.24. The van der Waals surface area contributed by atoms with Crippen molar-refractivity contribution in [2.24, 2.45) is 12.2 Å². The maximum absolute atomic E-state index is 11.2. The summed E-state index contributed by atoms with van der Waals surface area (Å²) in [7, 11) is -2.08. The lowest BCUT2D eigenvalue weighted by molar-refractivity contribution is 0.306. The second kappa shape index (κ2) is 5.61. The summed E-state index contributed by atoms with van der Waals surface area (Å²) in [6.45, 7) is 0.210. The molecule has 20 heavy (non-hydrogen) atoms. The minimum absolute atomic E-state index is 0.0745. The number of hydrogen-bond acceptors (Lipinski definition) is 4. The van der Waals surface area contributed by atoms with Gasteiger partial charge in [-0.25, -0.2) is 13.6 Å². The topological polar surface area (TPSA) is 87.2 Å². The molecule has 0 unspecified atom stereocenters. The third-order valence-electron chi connectivity index (χ3n) is 2.44. The molecule has 0 fully saturated rings. The van der Waals surface area contributed by atoms with E-state index in [-0.39, 0.29) is 27.3 Å². The normalized spacial score (nSPS) is 11.6. The fourth-order valence-electron chi connectivity index (χ4n) is 1.54. The Labute approximate surface area is 126 Å². The quantitative estimate of drug-likeness (QED) is 0.924. The number of ether oxygens (including phenoxy) is 1. The maximum Gasteiger partial charge on any atom is 0.238 e. The van der Waals surface area contributed by atoms with Crippen LogP contribution in [0.3, 0.4) is 0 Å². The molecule has 2 rings (SSSR count). The summed E-state index contributed by atoms with van der Waals surface area (Å²) in [6, 6.07) is 2.39. The van der Waals surface area contributed by atoms with Gasteiger partial charge in [0.25, 0.3) is 0 Å². The van der Waals surface area contributed by atoms with Crippen molar-refractivity contribution in [3.63, 3.8) is 0 Å².